The lowest BCUT2D eigenvalue weighted by Gasteiger charge is -2.13. The number of likely N-dealkylation sites (tertiary alicyclic amines) is 1. The molecule has 0 radical (unpaired) electrons. The number of aromatic nitrogens is 1. The van der Waals surface area contributed by atoms with Crippen molar-refractivity contribution in [3.8, 4) is 0 Å². The topological polar surface area (TPSA) is 57.5 Å². The van der Waals surface area contributed by atoms with E-state index in [-0.39, 0.29) is 0 Å². The summed E-state index contributed by atoms with van der Waals surface area (Å²) in [6.07, 6.45) is 1.16. The second kappa shape index (κ2) is 5.12. The Hall–Kier alpha value is -1.33. The van der Waals surface area contributed by atoms with Gasteiger partial charge in [0.2, 0.25) is 0 Å². The van der Waals surface area contributed by atoms with Gasteiger partial charge in [0.05, 0.1) is 5.56 Å². The maximum atomic E-state index is 11.1. The minimum absolute atomic E-state index is 0.401. The maximum absolute atomic E-state index is 11.1. The summed E-state index contributed by atoms with van der Waals surface area (Å²) >= 11 is 0. The van der Waals surface area contributed by atoms with Gasteiger partial charge in [0, 0.05) is 37.6 Å². The molecule has 18 heavy (non-hydrogen) atoms. The van der Waals surface area contributed by atoms with Gasteiger partial charge in [-0.05, 0) is 33.0 Å². The van der Waals surface area contributed by atoms with Crippen molar-refractivity contribution in [3.63, 3.8) is 0 Å². The molecule has 1 unspecified atom stereocenters. The van der Waals surface area contributed by atoms with Gasteiger partial charge in [0.15, 0.2) is 0 Å². The van der Waals surface area contributed by atoms with Gasteiger partial charge in [-0.3, -0.25) is 0 Å². The van der Waals surface area contributed by atoms with Crippen molar-refractivity contribution >= 4 is 5.97 Å². The van der Waals surface area contributed by atoms with Gasteiger partial charge >= 0.3 is 5.97 Å². The Morgan fingerprint density at radius 2 is 2.28 bits per heavy atom. The lowest BCUT2D eigenvalue weighted by atomic mass is 10.2. The van der Waals surface area contributed by atoms with E-state index in [9.17, 15) is 4.79 Å². The third-order valence-corrected chi connectivity index (χ3v) is 3.83. The summed E-state index contributed by atoms with van der Waals surface area (Å²) < 4.78 is 1.95. The van der Waals surface area contributed by atoms with Crippen LogP contribution in [0.2, 0.25) is 0 Å². The molecule has 1 atom stereocenters. The molecule has 5 nitrogen and oxygen atoms in total. The number of carbonyl (C=O) groups is 1. The Morgan fingerprint density at radius 1 is 1.56 bits per heavy atom. The Morgan fingerprint density at radius 3 is 2.78 bits per heavy atom. The van der Waals surface area contributed by atoms with Crippen LogP contribution in [-0.2, 0) is 13.6 Å². The van der Waals surface area contributed by atoms with Crippen LogP contribution < -0.4 is 5.32 Å². The predicted octanol–water partition coefficient (Wildman–Crippen LogP) is 0.825. The summed E-state index contributed by atoms with van der Waals surface area (Å²) in [4.78, 5) is 13.4. The Balaban J connectivity index is 2.01. The first-order valence-corrected chi connectivity index (χ1v) is 6.29. The van der Waals surface area contributed by atoms with E-state index in [1.165, 1.54) is 0 Å². The number of nitrogens with zero attached hydrogens (tertiary/aromatic N) is 2. The van der Waals surface area contributed by atoms with E-state index in [2.05, 4.69) is 17.3 Å². The van der Waals surface area contributed by atoms with E-state index in [0.29, 0.717) is 11.6 Å². The molecule has 1 aliphatic rings. The summed E-state index contributed by atoms with van der Waals surface area (Å²) in [5, 5.41) is 12.6. The fourth-order valence-electron chi connectivity index (χ4n) is 2.50. The lowest BCUT2D eigenvalue weighted by Crippen LogP contribution is -2.31. The van der Waals surface area contributed by atoms with Gasteiger partial charge in [0.1, 0.15) is 0 Å². The Labute approximate surface area is 107 Å². The number of nitrogens with one attached hydrogen (secondary N) is 1. The first-order valence-electron chi connectivity index (χ1n) is 6.29. The molecule has 100 valence electrons. The van der Waals surface area contributed by atoms with Crippen LogP contribution in [-0.4, -0.2) is 46.7 Å². The largest absolute Gasteiger partial charge is 0.478 e. The third kappa shape index (κ3) is 2.57. The van der Waals surface area contributed by atoms with E-state index in [1.54, 1.807) is 6.07 Å². The van der Waals surface area contributed by atoms with Gasteiger partial charge in [-0.2, -0.15) is 0 Å². The fraction of sp³-hybridized carbons (Fsp3) is 0.615. The molecular formula is C13H21N3O2. The van der Waals surface area contributed by atoms with E-state index in [0.717, 1.165) is 37.4 Å². The third-order valence-electron chi connectivity index (χ3n) is 3.83. The van der Waals surface area contributed by atoms with Gasteiger partial charge in [-0.25, -0.2) is 4.79 Å². The summed E-state index contributed by atoms with van der Waals surface area (Å²) in [5.74, 6) is -0.852. The van der Waals surface area contributed by atoms with Crippen LogP contribution >= 0.6 is 0 Å². The molecule has 0 aromatic carbocycles. The predicted molar refractivity (Wildman–Crippen MR) is 69.9 cm³/mol. The number of hydrogen-bond donors (Lipinski definition) is 2. The highest BCUT2D eigenvalue weighted by atomic mass is 16.4. The Kier molecular flexibility index (Phi) is 3.73. The van der Waals surface area contributed by atoms with Gasteiger partial charge in [0.25, 0.3) is 0 Å². The van der Waals surface area contributed by atoms with E-state index >= 15 is 0 Å². The monoisotopic (exact) mass is 251 g/mol. The molecule has 0 bridgehead atoms. The van der Waals surface area contributed by atoms with Crippen molar-refractivity contribution in [1.82, 2.24) is 14.8 Å². The van der Waals surface area contributed by atoms with E-state index < -0.39 is 5.97 Å². The summed E-state index contributed by atoms with van der Waals surface area (Å²) in [6, 6.07) is 2.28. The molecule has 1 saturated heterocycles. The second-order valence-corrected chi connectivity index (χ2v) is 5.13. The van der Waals surface area contributed by atoms with Crippen molar-refractivity contribution < 1.29 is 9.90 Å². The van der Waals surface area contributed by atoms with Crippen molar-refractivity contribution in [1.29, 1.82) is 0 Å². The SMILES string of the molecule is Cc1c(C(=O)O)cc(CNC2CCN(C)C2)n1C. The number of carboxylic acids is 1. The molecule has 1 aromatic heterocycles. The van der Waals surface area contributed by atoms with Gasteiger partial charge in [-0.1, -0.05) is 0 Å². The van der Waals surface area contributed by atoms with Crippen LogP contribution in [0, 0.1) is 6.92 Å². The molecule has 0 spiro atoms. The molecule has 0 aliphatic carbocycles. The second-order valence-electron chi connectivity index (χ2n) is 5.13. The van der Waals surface area contributed by atoms with Gasteiger partial charge in [-0.15, -0.1) is 0 Å². The van der Waals surface area contributed by atoms with Crippen molar-refractivity contribution in [2.75, 3.05) is 20.1 Å². The zero-order valence-corrected chi connectivity index (χ0v) is 11.2. The average molecular weight is 251 g/mol. The molecule has 2 heterocycles. The van der Waals surface area contributed by atoms with Crippen LogP contribution in [0.4, 0.5) is 0 Å². The molecule has 1 aliphatic heterocycles. The molecule has 5 heteroatoms. The summed E-state index contributed by atoms with van der Waals surface area (Å²) in [6.45, 7) is 4.76. The summed E-state index contributed by atoms with van der Waals surface area (Å²) in [5.41, 5.74) is 2.24. The van der Waals surface area contributed by atoms with Crippen molar-refractivity contribution in [2.24, 2.45) is 7.05 Å². The zero-order valence-electron chi connectivity index (χ0n) is 11.2. The molecule has 2 rings (SSSR count). The molecule has 0 saturated carbocycles. The highest BCUT2D eigenvalue weighted by Crippen LogP contribution is 2.15. The minimum atomic E-state index is -0.852. The summed E-state index contributed by atoms with van der Waals surface area (Å²) in [7, 11) is 4.04. The average Bonchev–Trinajstić information content (AvgIpc) is 2.84. The van der Waals surface area contributed by atoms with E-state index in [1.807, 2.05) is 18.5 Å². The van der Waals surface area contributed by atoms with Crippen molar-refractivity contribution in [3.05, 3.63) is 23.0 Å². The lowest BCUT2D eigenvalue weighted by molar-refractivity contribution is 0.0696. The highest BCUT2D eigenvalue weighted by Gasteiger charge is 2.20. The zero-order chi connectivity index (χ0) is 13.3. The molecular weight excluding hydrogens is 230 g/mol. The minimum Gasteiger partial charge on any atom is -0.478 e. The molecule has 1 aromatic rings. The molecule has 1 fully saturated rings. The number of aromatic carboxylic acids is 1. The Bertz CT molecular complexity index is 453. The standard InChI is InChI=1S/C13H21N3O2/c1-9-12(13(17)18)6-11(16(9)3)7-14-10-4-5-15(2)8-10/h6,10,14H,4-5,7-8H2,1-3H3,(H,17,18). The number of likely N-dealkylation sites (N-methyl/N-ethyl adjacent to an activating group) is 1. The van der Waals surface area contributed by atoms with Crippen LogP contribution in [0.25, 0.3) is 0 Å². The van der Waals surface area contributed by atoms with Gasteiger partial charge < -0.3 is 19.9 Å². The quantitative estimate of drug-likeness (QED) is 0.832. The van der Waals surface area contributed by atoms with E-state index in [4.69, 9.17) is 5.11 Å². The fourth-order valence-corrected chi connectivity index (χ4v) is 2.50. The first kappa shape index (κ1) is 13.1. The molecule has 0 amide bonds. The first-order chi connectivity index (χ1) is 8.49. The number of hydrogen-bond acceptors (Lipinski definition) is 3. The number of rotatable bonds is 4. The van der Waals surface area contributed by atoms with Crippen LogP contribution in [0.3, 0.4) is 0 Å². The maximum Gasteiger partial charge on any atom is 0.337 e. The molecule has 2 N–H and O–H groups in total. The van der Waals surface area contributed by atoms with Crippen molar-refractivity contribution in [2.45, 2.75) is 25.9 Å². The van der Waals surface area contributed by atoms with Crippen LogP contribution in [0.1, 0.15) is 28.2 Å². The highest BCUT2D eigenvalue weighted by molar-refractivity contribution is 5.89. The normalized spacial score (nSPS) is 20.5. The smallest absolute Gasteiger partial charge is 0.337 e. The van der Waals surface area contributed by atoms with Crippen LogP contribution in [0.5, 0.6) is 0 Å². The van der Waals surface area contributed by atoms with Crippen LogP contribution in [0.15, 0.2) is 6.07 Å². The number of carboxylic acid groups (broad SMARTS) is 1.